The minimum atomic E-state index is -0.428. The molecule has 0 saturated heterocycles. The van der Waals surface area contributed by atoms with Gasteiger partial charge in [0.05, 0.1) is 14.2 Å². The number of rotatable bonds is 6. The van der Waals surface area contributed by atoms with Crippen molar-refractivity contribution in [3.63, 3.8) is 0 Å². The zero-order chi connectivity index (χ0) is 14.3. The van der Waals surface area contributed by atoms with E-state index in [2.05, 4.69) is 9.72 Å². The van der Waals surface area contributed by atoms with Crippen LogP contribution in [0.1, 0.15) is 23.2 Å². The quantitative estimate of drug-likeness (QED) is 0.722. The number of pyridine rings is 1. The van der Waals surface area contributed by atoms with Gasteiger partial charge in [-0.15, -0.1) is 0 Å². The lowest BCUT2D eigenvalue weighted by molar-refractivity contribution is -0.140. The lowest BCUT2D eigenvalue weighted by Gasteiger charge is -2.19. The first-order valence-electron chi connectivity index (χ1n) is 5.91. The molecule has 0 fully saturated rings. The molecule has 0 aliphatic carbocycles. The molecule has 104 valence electrons. The third kappa shape index (κ3) is 4.24. The Kier molecular flexibility index (Phi) is 5.78. The normalized spacial score (nSPS) is 9.84. The Labute approximate surface area is 112 Å². The van der Waals surface area contributed by atoms with E-state index in [1.165, 1.54) is 14.2 Å². The molecule has 0 amide bonds. The van der Waals surface area contributed by atoms with Crippen molar-refractivity contribution in [2.45, 2.75) is 12.8 Å². The zero-order valence-electron chi connectivity index (χ0n) is 11.4. The fourth-order valence-corrected chi connectivity index (χ4v) is 1.64. The Balaban J connectivity index is 2.68. The molecule has 1 rings (SSSR count). The van der Waals surface area contributed by atoms with Crippen LogP contribution in [0.15, 0.2) is 18.3 Å². The van der Waals surface area contributed by atoms with Crippen LogP contribution in [0.3, 0.4) is 0 Å². The molecule has 0 unspecified atom stereocenters. The van der Waals surface area contributed by atoms with E-state index in [1.54, 1.807) is 18.3 Å². The second-order valence-corrected chi connectivity index (χ2v) is 3.97. The van der Waals surface area contributed by atoms with Crippen molar-refractivity contribution in [3.8, 4) is 0 Å². The van der Waals surface area contributed by atoms with E-state index in [1.807, 2.05) is 11.9 Å². The number of ether oxygens (including phenoxy) is 2. The number of aromatic nitrogens is 1. The van der Waals surface area contributed by atoms with Gasteiger partial charge in [0.25, 0.3) is 0 Å². The number of carbonyl (C=O) groups is 2. The van der Waals surface area contributed by atoms with E-state index in [0.717, 1.165) is 0 Å². The van der Waals surface area contributed by atoms with Gasteiger partial charge in [0.1, 0.15) is 11.4 Å². The van der Waals surface area contributed by atoms with Gasteiger partial charge in [-0.3, -0.25) is 4.79 Å². The largest absolute Gasteiger partial charge is 0.469 e. The molecule has 0 radical (unpaired) electrons. The van der Waals surface area contributed by atoms with Crippen LogP contribution in [0.25, 0.3) is 0 Å². The highest BCUT2D eigenvalue weighted by molar-refractivity contribution is 5.94. The molecule has 0 aliphatic heterocycles. The predicted octanol–water partition coefficient (Wildman–Crippen LogP) is 1.26. The molecular weight excluding hydrogens is 248 g/mol. The second kappa shape index (κ2) is 7.35. The van der Waals surface area contributed by atoms with Crippen molar-refractivity contribution in [2.75, 3.05) is 32.7 Å². The summed E-state index contributed by atoms with van der Waals surface area (Å²) in [5, 5.41) is 0. The van der Waals surface area contributed by atoms with Crippen LogP contribution >= 0.6 is 0 Å². The number of methoxy groups -OCH3 is 2. The number of esters is 2. The maximum absolute atomic E-state index is 11.6. The van der Waals surface area contributed by atoms with Gasteiger partial charge in [0.15, 0.2) is 0 Å². The van der Waals surface area contributed by atoms with Crippen LogP contribution in [-0.2, 0) is 14.3 Å². The summed E-state index contributed by atoms with van der Waals surface area (Å²) in [5.41, 5.74) is 0.408. The Hall–Kier alpha value is -2.11. The average Bonchev–Trinajstić information content (AvgIpc) is 2.45. The predicted molar refractivity (Wildman–Crippen MR) is 70.1 cm³/mol. The van der Waals surface area contributed by atoms with Gasteiger partial charge < -0.3 is 14.4 Å². The summed E-state index contributed by atoms with van der Waals surface area (Å²) in [7, 11) is 4.50. The number of anilines is 1. The highest BCUT2D eigenvalue weighted by atomic mass is 16.5. The fourth-order valence-electron chi connectivity index (χ4n) is 1.64. The molecule has 1 aromatic rings. The van der Waals surface area contributed by atoms with Crippen LogP contribution < -0.4 is 4.90 Å². The van der Waals surface area contributed by atoms with Crippen molar-refractivity contribution >= 4 is 17.8 Å². The summed E-state index contributed by atoms with van der Waals surface area (Å²) >= 11 is 0. The maximum atomic E-state index is 11.6. The SMILES string of the molecule is COC(=O)CCCN(C)c1ncccc1C(=O)OC. The highest BCUT2D eigenvalue weighted by Gasteiger charge is 2.15. The van der Waals surface area contributed by atoms with Gasteiger partial charge in [-0.2, -0.15) is 0 Å². The molecule has 1 heterocycles. The molecule has 0 N–H and O–H groups in total. The summed E-state index contributed by atoms with van der Waals surface area (Å²) in [6, 6.07) is 3.34. The van der Waals surface area contributed by atoms with Crippen molar-refractivity contribution in [1.82, 2.24) is 4.98 Å². The molecule has 0 atom stereocenters. The first kappa shape index (κ1) is 14.9. The lowest BCUT2D eigenvalue weighted by Crippen LogP contribution is -2.23. The van der Waals surface area contributed by atoms with E-state index in [0.29, 0.717) is 30.8 Å². The Morgan fingerprint density at radius 1 is 1.32 bits per heavy atom. The van der Waals surface area contributed by atoms with Gasteiger partial charge in [-0.05, 0) is 18.6 Å². The van der Waals surface area contributed by atoms with Crippen molar-refractivity contribution in [3.05, 3.63) is 23.9 Å². The van der Waals surface area contributed by atoms with E-state index in [4.69, 9.17) is 4.74 Å². The molecule has 19 heavy (non-hydrogen) atoms. The Morgan fingerprint density at radius 2 is 2.05 bits per heavy atom. The molecule has 6 nitrogen and oxygen atoms in total. The fraction of sp³-hybridized carbons (Fsp3) is 0.462. The van der Waals surface area contributed by atoms with E-state index in [9.17, 15) is 9.59 Å². The zero-order valence-corrected chi connectivity index (χ0v) is 11.4. The Morgan fingerprint density at radius 3 is 2.68 bits per heavy atom. The average molecular weight is 266 g/mol. The number of hydrogen-bond acceptors (Lipinski definition) is 6. The number of nitrogens with zero attached hydrogens (tertiary/aromatic N) is 2. The molecular formula is C13H18N2O4. The van der Waals surface area contributed by atoms with Crippen molar-refractivity contribution in [2.24, 2.45) is 0 Å². The minimum Gasteiger partial charge on any atom is -0.469 e. The van der Waals surface area contributed by atoms with Crippen LogP contribution in [0.2, 0.25) is 0 Å². The number of carbonyl (C=O) groups excluding carboxylic acids is 2. The first-order valence-corrected chi connectivity index (χ1v) is 5.91. The lowest BCUT2D eigenvalue weighted by atomic mass is 10.2. The smallest absolute Gasteiger partial charge is 0.341 e. The van der Waals surface area contributed by atoms with Crippen LogP contribution in [0, 0.1) is 0 Å². The summed E-state index contributed by atoms with van der Waals surface area (Å²) in [6.45, 7) is 0.593. The topological polar surface area (TPSA) is 68.7 Å². The summed E-state index contributed by atoms with van der Waals surface area (Å²) in [4.78, 5) is 28.6. The summed E-state index contributed by atoms with van der Waals surface area (Å²) in [6.07, 6.45) is 2.57. The van der Waals surface area contributed by atoms with Crippen molar-refractivity contribution in [1.29, 1.82) is 0 Å². The van der Waals surface area contributed by atoms with E-state index < -0.39 is 5.97 Å². The monoisotopic (exact) mass is 266 g/mol. The molecule has 0 bridgehead atoms. The molecule has 0 aromatic carbocycles. The molecule has 0 spiro atoms. The molecule has 0 aliphatic rings. The van der Waals surface area contributed by atoms with Gasteiger partial charge in [-0.1, -0.05) is 0 Å². The molecule has 1 aromatic heterocycles. The van der Waals surface area contributed by atoms with Gasteiger partial charge in [0, 0.05) is 26.2 Å². The van der Waals surface area contributed by atoms with Crippen LogP contribution in [-0.4, -0.2) is 44.7 Å². The van der Waals surface area contributed by atoms with E-state index >= 15 is 0 Å². The highest BCUT2D eigenvalue weighted by Crippen LogP contribution is 2.17. The van der Waals surface area contributed by atoms with E-state index in [-0.39, 0.29) is 5.97 Å². The minimum absolute atomic E-state index is 0.248. The van der Waals surface area contributed by atoms with Crippen LogP contribution in [0.5, 0.6) is 0 Å². The summed E-state index contributed by atoms with van der Waals surface area (Å²) < 4.78 is 9.28. The third-order valence-corrected chi connectivity index (χ3v) is 2.66. The standard InChI is InChI=1S/C13H18N2O4/c1-15(9-5-7-11(16)18-2)12-10(13(17)19-3)6-4-8-14-12/h4,6,8H,5,7,9H2,1-3H3. The van der Waals surface area contributed by atoms with Crippen LogP contribution in [0.4, 0.5) is 5.82 Å². The first-order chi connectivity index (χ1) is 9.10. The second-order valence-electron chi connectivity index (χ2n) is 3.97. The number of hydrogen-bond donors (Lipinski definition) is 0. The van der Waals surface area contributed by atoms with Gasteiger partial charge >= 0.3 is 11.9 Å². The Bertz CT molecular complexity index is 448. The molecule has 6 heteroatoms. The van der Waals surface area contributed by atoms with Gasteiger partial charge in [0.2, 0.25) is 0 Å². The third-order valence-electron chi connectivity index (χ3n) is 2.66. The summed E-state index contributed by atoms with van der Waals surface area (Å²) in [5.74, 6) is -0.134. The van der Waals surface area contributed by atoms with Crippen molar-refractivity contribution < 1.29 is 19.1 Å². The van der Waals surface area contributed by atoms with Gasteiger partial charge in [-0.25, -0.2) is 9.78 Å². The maximum Gasteiger partial charge on any atom is 0.341 e. The molecule has 0 saturated carbocycles.